The van der Waals surface area contributed by atoms with Crippen LogP contribution in [0.4, 0.5) is 5.69 Å². The van der Waals surface area contributed by atoms with Crippen molar-refractivity contribution in [2.75, 3.05) is 17.6 Å². The van der Waals surface area contributed by atoms with E-state index in [1.807, 2.05) is 23.9 Å². The maximum Gasteiger partial charge on any atom is 0.180 e. The Kier molecular flexibility index (Phi) is 4.44. The first kappa shape index (κ1) is 14.6. The molecule has 6 heteroatoms. The molecule has 0 aliphatic carbocycles. The Morgan fingerprint density at radius 1 is 1.30 bits per heavy atom. The van der Waals surface area contributed by atoms with Crippen molar-refractivity contribution in [1.29, 1.82) is 0 Å². The first-order valence-electron chi connectivity index (χ1n) is 6.56. The zero-order valence-electron chi connectivity index (χ0n) is 11.7. The Morgan fingerprint density at radius 3 is 2.70 bits per heavy atom. The van der Waals surface area contributed by atoms with Crippen molar-refractivity contribution in [1.82, 2.24) is 9.55 Å². The average Bonchev–Trinajstić information content (AvgIpc) is 2.85. The van der Waals surface area contributed by atoms with E-state index in [4.69, 9.17) is 0 Å². The second-order valence-electron chi connectivity index (χ2n) is 4.53. The topological polar surface area (TPSA) is 64.0 Å². The molecule has 1 heterocycles. The number of aryl methyl sites for hydroxylation is 1. The Labute approximate surface area is 119 Å². The standard InChI is InChI=1S/C14H19N3O2S/c1-3-20(18,19)13-7-5-4-6-12(13)15-9-8-14-16-10-11-17(14)2/h4-7,10-11,15H,3,8-9H2,1-2H3. The molecule has 0 atom stereocenters. The minimum atomic E-state index is -3.20. The molecule has 2 aromatic rings. The van der Waals surface area contributed by atoms with Crippen LogP contribution in [-0.4, -0.2) is 30.3 Å². The quantitative estimate of drug-likeness (QED) is 0.883. The second kappa shape index (κ2) is 6.09. The second-order valence-corrected chi connectivity index (χ2v) is 6.78. The molecule has 1 N–H and O–H groups in total. The van der Waals surface area contributed by atoms with Crippen molar-refractivity contribution in [3.63, 3.8) is 0 Å². The third-order valence-corrected chi connectivity index (χ3v) is 4.97. The highest BCUT2D eigenvalue weighted by Gasteiger charge is 2.15. The molecule has 0 aliphatic rings. The number of para-hydroxylation sites is 1. The van der Waals surface area contributed by atoms with Crippen LogP contribution in [0.5, 0.6) is 0 Å². The summed E-state index contributed by atoms with van der Waals surface area (Å²) < 4.78 is 26.0. The first-order chi connectivity index (χ1) is 9.54. The largest absolute Gasteiger partial charge is 0.384 e. The predicted octanol–water partition coefficient (Wildman–Crippen LogP) is 1.87. The van der Waals surface area contributed by atoms with Crippen molar-refractivity contribution < 1.29 is 8.42 Å². The molecule has 0 amide bonds. The first-order valence-corrected chi connectivity index (χ1v) is 8.21. The molecule has 5 nitrogen and oxygen atoms in total. The zero-order valence-corrected chi connectivity index (χ0v) is 12.5. The average molecular weight is 293 g/mol. The maximum atomic E-state index is 12.0. The van der Waals surface area contributed by atoms with Gasteiger partial charge in [0.2, 0.25) is 0 Å². The fraction of sp³-hybridized carbons (Fsp3) is 0.357. The molecular weight excluding hydrogens is 274 g/mol. The molecule has 108 valence electrons. The van der Waals surface area contributed by atoms with E-state index in [9.17, 15) is 8.42 Å². The minimum absolute atomic E-state index is 0.102. The number of benzene rings is 1. The summed E-state index contributed by atoms with van der Waals surface area (Å²) in [7, 11) is -1.26. The van der Waals surface area contributed by atoms with Gasteiger partial charge in [0.1, 0.15) is 5.82 Å². The Bertz CT molecular complexity index is 677. The number of imidazole rings is 1. The van der Waals surface area contributed by atoms with E-state index in [2.05, 4.69) is 10.3 Å². The van der Waals surface area contributed by atoms with Gasteiger partial charge in [-0.2, -0.15) is 0 Å². The van der Waals surface area contributed by atoms with Gasteiger partial charge in [0.25, 0.3) is 0 Å². The van der Waals surface area contributed by atoms with Crippen LogP contribution in [0.3, 0.4) is 0 Å². The van der Waals surface area contributed by atoms with Crippen molar-refractivity contribution in [3.05, 3.63) is 42.5 Å². The van der Waals surface area contributed by atoms with Gasteiger partial charge < -0.3 is 9.88 Å². The lowest BCUT2D eigenvalue weighted by Crippen LogP contribution is -2.12. The highest BCUT2D eigenvalue weighted by molar-refractivity contribution is 7.91. The number of hydrogen-bond acceptors (Lipinski definition) is 4. The van der Waals surface area contributed by atoms with Crippen LogP contribution in [0.15, 0.2) is 41.6 Å². The van der Waals surface area contributed by atoms with Gasteiger partial charge >= 0.3 is 0 Å². The van der Waals surface area contributed by atoms with E-state index in [0.717, 1.165) is 12.2 Å². The van der Waals surface area contributed by atoms with Crippen LogP contribution in [0.1, 0.15) is 12.7 Å². The van der Waals surface area contributed by atoms with Crippen LogP contribution in [0.2, 0.25) is 0 Å². The smallest absolute Gasteiger partial charge is 0.180 e. The monoisotopic (exact) mass is 293 g/mol. The summed E-state index contributed by atoms with van der Waals surface area (Å²) in [4.78, 5) is 4.60. The van der Waals surface area contributed by atoms with Crippen molar-refractivity contribution in [3.8, 4) is 0 Å². The number of nitrogens with zero attached hydrogens (tertiary/aromatic N) is 2. The predicted molar refractivity (Wildman–Crippen MR) is 79.6 cm³/mol. The fourth-order valence-electron chi connectivity index (χ4n) is 1.99. The van der Waals surface area contributed by atoms with Crippen molar-refractivity contribution in [2.45, 2.75) is 18.2 Å². The summed E-state index contributed by atoms with van der Waals surface area (Å²) in [5.41, 5.74) is 0.656. The van der Waals surface area contributed by atoms with Gasteiger partial charge in [0.15, 0.2) is 9.84 Å². The van der Waals surface area contributed by atoms with E-state index in [1.165, 1.54) is 0 Å². The molecule has 0 spiro atoms. The summed E-state index contributed by atoms with van der Waals surface area (Å²) >= 11 is 0. The van der Waals surface area contributed by atoms with Crippen molar-refractivity contribution in [2.24, 2.45) is 7.05 Å². The summed E-state index contributed by atoms with van der Waals surface area (Å²) in [5, 5.41) is 3.19. The summed E-state index contributed by atoms with van der Waals surface area (Å²) in [5.74, 6) is 1.07. The van der Waals surface area contributed by atoms with Gasteiger partial charge in [-0.15, -0.1) is 0 Å². The molecule has 0 radical (unpaired) electrons. The number of rotatable bonds is 6. The molecule has 0 saturated carbocycles. The van der Waals surface area contributed by atoms with Gasteiger partial charge in [0.05, 0.1) is 16.3 Å². The third-order valence-electron chi connectivity index (χ3n) is 3.19. The molecule has 0 aliphatic heterocycles. The van der Waals surface area contributed by atoms with Crippen molar-refractivity contribution >= 4 is 15.5 Å². The molecule has 20 heavy (non-hydrogen) atoms. The van der Waals surface area contributed by atoms with E-state index in [0.29, 0.717) is 17.1 Å². The lowest BCUT2D eigenvalue weighted by atomic mass is 10.3. The number of sulfone groups is 1. The lowest BCUT2D eigenvalue weighted by molar-refractivity contribution is 0.597. The van der Waals surface area contributed by atoms with Gasteiger partial charge in [-0.1, -0.05) is 19.1 Å². The lowest BCUT2D eigenvalue weighted by Gasteiger charge is -2.11. The summed E-state index contributed by atoms with van der Waals surface area (Å²) in [6, 6.07) is 7.01. The van der Waals surface area contributed by atoms with Gasteiger partial charge in [0, 0.05) is 32.4 Å². The number of hydrogen-bond donors (Lipinski definition) is 1. The third kappa shape index (κ3) is 3.19. The number of nitrogens with one attached hydrogen (secondary N) is 1. The number of aromatic nitrogens is 2. The molecule has 1 aromatic heterocycles. The molecule has 1 aromatic carbocycles. The van der Waals surface area contributed by atoms with Crippen LogP contribution >= 0.6 is 0 Å². The van der Waals surface area contributed by atoms with E-state index in [-0.39, 0.29) is 5.75 Å². The minimum Gasteiger partial charge on any atom is -0.384 e. The molecule has 0 fully saturated rings. The van der Waals surface area contributed by atoms with Gasteiger partial charge in [-0.25, -0.2) is 13.4 Å². The van der Waals surface area contributed by atoms with Crippen LogP contribution in [-0.2, 0) is 23.3 Å². The fourth-order valence-corrected chi connectivity index (χ4v) is 3.06. The van der Waals surface area contributed by atoms with Crippen LogP contribution in [0, 0.1) is 0 Å². The van der Waals surface area contributed by atoms with Gasteiger partial charge in [-0.05, 0) is 12.1 Å². The maximum absolute atomic E-state index is 12.0. The highest BCUT2D eigenvalue weighted by Crippen LogP contribution is 2.21. The molecule has 0 bridgehead atoms. The SMILES string of the molecule is CCS(=O)(=O)c1ccccc1NCCc1nccn1C. The summed E-state index contributed by atoms with van der Waals surface area (Å²) in [6.45, 7) is 2.29. The number of anilines is 1. The Balaban J connectivity index is 2.09. The molecule has 0 saturated heterocycles. The van der Waals surface area contributed by atoms with Gasteiger partial charge in [-0.3, -0.25) is 0 Å². The van der Waals surface area contributed by atoms with E-state index in [1.54, 1.807) is 31.3 Å². The normalized spacial score (nSPS) is 11.5. The van der Waals surface area contributed by atoms with E-state index < -0.39 is 9.84 Å². The molecule has 0 unspecified atom stereocenters. The Hall–Kier alpha value is -1.82. The molecular formula is C14H19N3O2S. The van der Waals surface area contributed by atoms with Crippen LogP contribution in [0.25, 0.3) is 0 Å². The van der Waals surface area contributed by atoms with Crippen LogP contribution < -0.4 is 5.32 Å². The summed E-state index contributed by atoms with van der Waals surface area (Å²) in [6.07, 6.45) is 4.39. The zero-order chi connectivity index (χ0) is 14.6. The molecule has 2 rings (SSSR count). The Morgan fingerprint density at radius 2 is 2.05 bits per heavy atom. The van der Waals surface area contributed by atoms with E-state index >= 15 is 0 Å². The highest BCUT2D eigenvalue weighted by atomic mass is 32.2.